The number of carbonyl (C=O) groups is 1. The van der Waals surface area contributed by atoms with Crippen molar-refractivity contribution in [1.29, 1.82) is 0 Å². The number of hydrogen-bond acceptors (Lipinski definition) is 3. The van der Waals surface area contributed by atoms with Crippen LogP contribution in [0.15, 0.2) is 18.2 Å². The number of nitrogens with zero attached hydrogens (tertiary/aromatic N) is 2. The van der Waals surface area contributed by atoms with Gasteiger partial charge in [-0.2, -0.15) is 0 Å². The topological polar surface area (TPSA) is 43.8 Å². The molecule has 0 saturated carbocycles. The van der Waals surface area contributed by atoms with Crippen LogP contribution in [0.25, 0.3) is 0 Å². The van der Waals surface area contributed by atoms with Crippen molar-refractivity contribution < 1.29 is 14.3 Å². The number of aliphatic hydroxyl groups is 1. The Bertz CT molecular complexity index is 533. The van der Waals surface area contributed by atoms with Gasteiger partial charge in [0.1, 0.15) is 5.82 Å². The first-order valence-electron chi connectivity index (χ1n) is 7.95. The molecule has 1 saturated heterocycles. The predicted molar refractivity (Wildman–Crippen MR) is 89.2 cm³/mol. The van der Waals surface area contributed by atoms with Gasteiger partial charge in [-0.3, -0.25) is 4.79 Å². The molecule has 0 bridgehead atoms. The van der Waals surface area contributed by atoms with Crippen molar-refractivity contribution in [3.05, 3.63) is 34.6 Å². The number of hydrogen-bond donors (Lipinski definition) is 1. The van der Waals surface area contributed by atoms with Crippen molar-refractivity contribution in [2.24, 2.45) is 5.92 Å². The molecule has 1 heterocycles. The predicted octanol–water partition coefficient (Wildman–Crippen LogP) is 2.64. The van der Waals surface area contributed by atoms with Crippen molar-refractivity contribution in [2.45, 2.75) is 25.3 Å². The van der Waals surface area contributed by atoms with Crippen LogP contribution in [0, 0.1) is 11.7 Å². The molecule has 1 aliphatic heterocycles. The zero-order valence-electron chi connectivity index (χ0n) is 13.6. The van der Waals surface area contributed by atoms with Crippen LogP contribution in [-0.2, 0) is 0 Å². The lowest BCUT2D eigenvalue weighted by molar-refractivity contribution is 0.0495. The highest BCUT2D eigenvalue weighted by atomic mass is 35.5. The van der Waals surface area contributed by atoms with Crippen LogP contribution in [0.3, 0.4) is 0 Å². The molecule has 2 rings (SSSR count). The summed E-state index contributed by atoms with van der Waals surface area (Å²) in [6.07, 6.45) is 2.47. The monoisotopic (exact) mass is 342 g/mol. The Hall–Kier alpha value is -1.17. The highest BCUT2D eigenvalue weighted by molar-refractivity contribution is 6.31. The first-order valence-corrected chi connectivity index (χ1v) is 8.33. The Morgan fingerprint density at radius 1 is 1.43 bits per heavy atom. The van der Waals surface area contributed by atoms with Crippen molar-refractivity contribution in [3.63, 3.8) is 0 Å². The zero-order chi connectivity index (χ0) is 17.0. The Balaban J connectivity index is 2.12. The van der Waals surface area contributed by atoms with E-state index in [4.69, 9.17) is 16.7 Å². The molecule has 0 radical (unpaired) electrons. The Morgan fingerprint density at radius 2 is 2.17 bits per heavy atom. The van der Waals surface area contributed by atoms with E-state index in [0.29, 0.717) is 30.6 Å². The summed E-state index contributed by atoms with van der Waals surface area (Å²) in [5.74, 6) is -0.377. The third kappa shape index (κ3) is 4.66. The van der Waals surface area contributed by atoms with Crippen LogP contribution in [0.2, 0.25) is 5.02 Å². The largest absolute Gasteiger partial charge is 0.396 e. The van der Waals surface area contributed by atoms with Gasteiger partial charge in [0.15, 0.2) is 0 Å². The molecule has 6 heteroatoms. The summed E-state index contributed by atoms with van der Waals surface area (Å²) < 4.78 is 13.5. The van der Waals surface area contributed by atoms with Gasteiger partial charge in [0.2, 0.25) is 0 Å². The van der Waals surface area contributed by atoms with E-state index in [1.807, 2.05) is 14.1 Å². The molecule has 0 unspecified atom stereocenters. The molecule has 1 aliphatic rings. The Morgan fingerprint density at radius 3 is 2.78 bits per heavy atom. The molecule has 1 amide bonds. The lowest BCUT2D eigenvalue weighted by atomic mass is 9.87. The summed E-state index contributed by atoms with van der Waals surface area (Å²) in [5.41, 5.74) is 0.291. The fourth-order valence-corrected chi connectivity index (χ4v) is 3.60. The maximum Gasteiger partial charge on any atom is 0.254 e. The second-order valence-corrected chi connectivity index (χ2v) is 6.79. The van der Waals surface area contributed by atoms with E-state index in [2.05, 4.69) is 4.90 Å². The molecule has 1 fully saturated rings. The maximum atomic E-state index is 13.5. The van der Waals surface area contributed by atoms with Crippen LogP contribution in [0.4, 0.5) is 4.39 Å². The van der Waals surface area contributed by atoms with Crippen molar-refractivity contribution in [3.8, 4) is 0 Å². The van der Waals surface area contributed by atoms with E-state index in [-0.39, 0.29) is 17.5 Å². The SMILES string of the molecule is CN(C)[C@@H]1CCN(C(=O)c2cc(F)cc(Cl)c2)C[C@@H]1CCCO. The molecule has 1 aromatic rings. The third-order valence-electron chi connectivity index (χ3n) is 4.49. The van der Waals surface area contributed by atoms with Gasteiger partial charge in [0, 0.05) is 36.3 Å². The Kier molecular flexibility index (Phi) is 6.39. The number of likely N-dealkylation sites (tertiary alicyclic amines) is 1. The van der Waals surface area contributed by atoms with Crippen molar-refractivity contribution >= 4 is 17.5 Å². The molecule has 0 aliphatic carbocycles. The minimum absolute atomic E-state index is 0.157. The van der Waals surface area contributed by atoms with Gasteiger partial charge in [-0.05, 0) is 57.5 Å². The van der Waals surface area contributed by atoms with E-state index >= 15 is 0 Å². The van der Waals surface area contributed by atoms with Gasteiger partial charge in [-0.1, -0.05) is 11.6 Å². The smallest absolute Gasteiger partial charge is 0.254 e. The number of carbonyl (C=O) groups excluding carboxylic acids is 1. The quantitative estimate of drug-likeness (QED) is 0.894. The number of benzene rings is 1. The van der Waals surface area contributed by atoms with Crippen molar-refractivity contribution in [1.82, 2.24) is 9.80 Å². The van der Waals surface area contributed by atoms with Gasteiger partial charge >= 0.3 is 0 Å². The van der Waals surface area contributed by atoms with E-state index in [1.54, 1.807) is 4.90 Å². The molecule has 0 spiro atoms. The average Bonchev–Trinajstić information content (AvgIpc) is 2.50. The van der Waals surface area contributed by atoms with E-state index in [9.17, 15) is 9.18 Å². The second-order valence-electron chi connectivity index (χ2n) is 6.35. The molecule has 23 heavy (non-hydrogen) atoms. The molecule has 0 aromatic heterocycles. The summed E-state index contributed by atoms with van der Waals surface area (Å²) >= 11 is 5.85. The standard InChI is InChI=1S/C17H24ClFN2O2/c1-20(2)16-5-6-21(11-12(16)4-3-7-22)17(23)13-8-14(18)10-15(19)9-13/h8-10,12,16,22H,3-7,11H2,1-2H3/t12-,16+/m0/s1. The summed E-state index contributed by atoms with van der Waals surface area (Å²) in [6, 6.07) is 4.32. The highest BCUT2D eigenvalue weighted by Gasteiger charge is 2.32. The fraction of sp³-hybridized carbons (Fsp3) is 0.588. The number of rotatable bonds is 5. The molecular formula is C17H24ClFN2O2. The van der Waals surface area contributed by atoms with Crippen molar-refractivity contribution in [2.75, 3.05) is 33.8 Å². The minimum atomic E-state index is -0.499. The summed E-state index contributed by atoms with van der Waals surface area (Å²) in [6.45, 7) is 1.42. The zero-order valence-corrected chi connectivity index (χ0v) is 14.4. The first kappa shape index (κ1) is 18.2. The lowest BCUT2D eigenvalue weighted by Crippen LogP contribution is -2.50. The Labute approximate surface area is 141 Å². The maximum absolute atomic E-state index is 13.5. The summed E-state index contributed by atoms with van der Waals surface area (Å²) in [5, 5.41) is 9.32. The molecule has 4 nitrogen and oxygen atoms in total. The normalized spacial score (nSPS) is 21.7. The molecule has 1 N–H and O–H groups in total. The second kappa shape index (κ2) is 8.08. The number of halogens is 2. The van der Waals surface area contributed by atoms with E-state index in [0.717, 1.165) is 19.3 Å². The molecule has 1 aromatic carbocycles. The fourth-order valence-electron chi connectivity index (χ4n) is 3.38. The first-order chi connectivity index (χ1) is 10.9. The lowest BCUT2D eigenvalue weighted by Gasteiger charge is -2.41. The molecular weight excluding hydrogens is 319 g/mol. The number of piperidine rings is 1. The van der Waals surface area contributed by atoms with E-state index in [1.165, 1.54) is 18.2 Å². The van der Waals surface area contributed by atoms with E-state index < -0.39 is 5.82 Å². The van der Waals surface area contributed by atoms with Gasteiger partial charge in [-0.15, -0.1) is 0 Å². The van der Waals surface area contributed by atoms with Crippen LogP contribution in [0.5, 0.6) is 0 Å². The van der Waals surface area contributed by atoms with Gasteiger partial charge in [0.05, 0.1) is 0 Å². The van der Waals surface area contributed by atoms with Gasteiger partial charge in [-0.25, -0.2) is 4.39 Å². The van der Waals surface area contributed by atoms with Crippen LogP contribution < -0.4 is 0 Å². The van der Waals surface area contributed by atoms with Gasteiger partial charge in [0.25, 0.3) is 5.91 Å². The summed E-state index contributed by atoms with van der Waals surface area (Å²) in [4.78, 5) is 16.6. The third-order valence-corrected chi connectivity index (χ3v) is 4.71. The van der Waals surface area contributed by atoms with Crippen LogP contribution >= 0.6 is 11.6 Å². The highest BCUT2D eigenvalue weighted by Crippen LogP contribution is 2.26. The number of aliphatic hydroxyl groups excluding tert-OH is 1. The molecule has 128 valence electrons. The number of amides is 1. The minimum Gasteiger partial charge on any atom is -0.396 e. The average molecular weight is 343 g/mol. The van der Waals surface area contributed by atoms with Gasteiger partial charge < -0.3 is 14.9 Å². The van der Waals surface area contributed by atoms with Crippen LogP contribution in [0.1, 0.15) is 29.6 Å². The molecule has 2 atom stereocenters. The summed E-state index contributed by atoms with van der Waals surface area (Å²) in [7, 11) is 4.08. The van der Waals surface area contributed by atoms with Crippen LogP contribution in [-0.4, -0.2) is 60.6 Å².